The molecule has 8 heteroatoms. The Balaban J connectivity index is 1.77. The van der Waals surface area contributed by atoms with Gasteiger partial charge in [-0.2, -0.15) is 5.10 Å². The maximum atomic E-state index is 12.5. The van der Waals surface area contributed by atoms with Gasteiger partial charge >= 0.3 is 5.97 Å². The molecule has 0 bridgehead atoms. The molecule has 3 rings (SSSR count). The number of nitrogens with zero attached hydrogens (tertiary/aromatic N) is 2. The number of esters is 1. The summed E-state index contributed by atoms with van der Waals surface area (Å²) in [5.74, 6) is -0.288. The molecule has 0 saturated carbocycles. The number of aromatic nitrogens is 2. The monoisotopic (exact) mass is 434 g/mol. The number of methoxy groups -OCH3 is 1. The highest BCUT2D eigenvalue weighted by molar-refractivity contribution is 7.80. The molecular weight excluding hydrogens is 404 g/mol. The fourth-order valence-electron chi connectivity index (χ4n) is 3.94. The summed E-state index contributed by atoms with van der Waals surface area (Å²) in [6, 6.07) is 0. The molecule has 2 N–H and O–H groups in total. The standard InChI is InChI=1S/C21H30N4O2S2/c1-5-25-14(3)16(13(2)24-25)12-22-21(28)23-19-18(20(26)27-4)15-10-8-6-7-9-11-17(15)29-19/h5-12H2,1-4H3,(H2,22,23,28). The van der Waals surface area contributed by atoms with Crippen LogP contribution in [-0.4, -0.2) is 28.0 Å². The van der Waals surface area contributed by atoms with Crippen LogP contribution in [0.15, 0.2) is 0 Å². The zero-order chi connectivity index (χ0) is 21.0. The lowest BCUT2D eigenvalue weighted by molar-refractivity contribution is 0.0601. The van der Waals surface area contributed by atoms with Gasteiger partial charge in [-0.15, -0.1) is 11.3 Å². The SMILES string of the molecule is CCn1nc(C)c(CNC(=S)Nc2sc3c(c2C(=O)OC)CCCCCC3)c1C. The maximum absolute atomic E-state index is 12.5. The number of hydrogen-bond donors (Lipinski definition) is 2. The fraction of sp³-hybridized carbons (Fsp3) is 0.571. The van der Waals surface area contributed by atoms with E-state index in [2.05, 4.69) is 29.6 Å². The summed E-state index contributed by atoms with van der Waals surface area (Å²) in [6.07, 6.45) is 6.67. The normalized spacial score (nSPS) is 13.9. The smallest absolute Gasteiger partial charge is 0.341 e. The van der Waals surface area contributed by atoms with Crippen molar-refractivity contribution in [2.45, 2.75) is 72.4 Å². The Bertz CT molecular complexity index is 901. The van der Waals surface area contributed by atoms with Crippen LogP contribution in [0.3, 0.4) is 0 Å². The van der Waals surface area contributed by atoms with Gasteiger partial charge in [-0.05, 0) is 64.2 Å². The van der Waals surface area contributed by atoms with Crippen molar-refractivity contribution in [2.75, 3.05) is 12.4 Å². The largest absolute Gasteiger partial charge is 0.465 e. The average Bonchev–Trinajstić information content (AvgIpc) is 3.15. The molecule has 0 spiro atoms. The minimum absolute atomic E-state index is 0.288. The van der Waals surface area contributed by atoms with Crippen molar-refractivity contribution in [2.24, 2.45) is 0 Å². The number of thiocarbonyl (C=S) groups is 1. The van der Waals surface area contributed by atoms with Gasteiger partial charge in [-0.25, -0.2) is 4.79 Å². The van der Waals surface area contributed by atoms with Crippen LogP contribution >= 0.6 is 23.6 Å². The number of hydrogen-bond acceptors (Lipinski definition) is 5. The summed E-state index contributed by atoms with van der Waals surface area (Å²) in [5, 5.41) is 12.4. The highest BCUT2D eigenvalue weighted by Gasteiger charge is 2.25. The molecule has 0 aliphatic heterocycles. The van der Waals surface area contributed by atoms with Crippen molar-refractivity contribution in [3.05, 3.63) is 33.0 Å². The molecule has 29 heavy (non-hydrogen) atoms. The van der Waals surface area contributed by atoms with E-state index in [1.807, 2.05) is 11.6 Å². The molecule has 2 heterocycles. The lowest BCUT2D eigenvalue weighted by atomic mass is 9.96. The summed E-state index contributed by atoms with van der Waals surface area (Å²) in [7, 11) is 1.44. The molecule has 158 valence electrons. The van der Waals surface area contributed by atoms with Gasteiger partial charge in [0.15, 0.2) is 5.11 Å². The Kier molecular flexibility index (Phi) is 7.29. The van der Waals surface area contributed by atoms with Crippen molar-refractivity contribution in [3.8, 4) is 0 Å². The third kappa shape index (κ3) is 4.80. The van der Waals surface area contributed by atoms with Gasteiger partial charge in [0, 0.05) is 29.2 Å². The summed E-state index contributed by atoms with van der Waals surface area (Å²) in [5.41, 5.74) is 5.11. The Hall–Kier alpha value is -1.93. The second kappa shape index (κ2) is 9.71. The minimum Gasteiger partial charge on any atom is -0.465 e. The second-order valence-corrected chi connectivity index (χ2v) is 8.90. The highest BCUT2D eigenvalue weighted by atomic mass is 32.1. The quantitative estimate of drug-likeness (QED) is 0.533. The lowest BCUT2D eigenvalue weighted by Gasteiger charge is -2.12. The first-order valence-corrected chi connectivity index (χ1v) is 11.5. The average molecular weight is 435 g/mol. The molecule has 1 aliphatic rings. The van der Waals surface area contributed by atoms with Gasteiger partial charge in [0.25, 0.3) is 0 Å². The van der Waals surface area contributed by atoms with Crippen molar-refractivity contribution in [1.29, 1.82) is 0 Å². The van der Waals surface area contributed by atoms with Gasteiger partial charge in [0.05, 0.1) is 18.4 Å². The molecule has 0 atom stereocenters. The molecule has 2 aromatic heterocycles. The first kappa shape index (κ1) is 21.8. The van der Waals surface area contributed by atoms with E-state index in [0.29, 0.717) is 17.2 Å². The number of fused-ring (bicyclic) bond motifs is 1. The number of carbonyl (C=O) groups is 1. The van der Waals surface area contributed by atoms with E-state index >= 15 is 0 Å². The molecule has 0 radical (unpaired) electrons. The van der Waals surface area contributed by atoms with Crippen molar-refractivity contribution >= 4 is 39.6 Å². The van der Waals surface area contributed by atoms with Crippen LogP contribution in [0.2, 0.25) is 0 Å². The lowest BCUT2D eigenvalue weighted by Crippen LogP contribution is -2.28. The van der Waals surface area contributed by atoms with Crippen LogP contribution < -0.4 is 10.6 Å². The minimum atomic E-state index is -0.288. The molecule has 0 aromatic carbocycles. The first-order chi connectivity index (χ1) is 14.0. The number of nitrogens with one attached hydrogen (secondary N) is 2. The van der Waals surface area contributed by atoms with Gasteiger partial charge in [0.2, 0.25) is 0 Å². The van der Waals surface area contributed by atoms with Gasteiger partial charge in [0.1, 0.15) is 5.00 Å². The van der Waals surface area contributed by atoms with Crippen LogP contribution in [0.5, 0.6) is 0 Å². The zero-order valence-electron chi connectivity index (χ0n) is 17.7. The molecule has 1 aliphatic carbocycles. The van der Waals surface area contributed by atoms with E-state index in [1.165, 1.54) is 24.8 Å². The number of aryl methyl sites for hydroxylation is 3. The van der Waals surface area contributed by atoms with E-state index in [1.54, 1.807) is 11.3 Å². The maximum Gasteiger partial charge on any atom is 0.341 e. The third-order valence-corrected chi connectivity index (χ3v) is 7.00. The van der Waals surface area contributed by atoms with E-state index in [4.69, 9.17) is 17.0 Å². The molecular formula is C21H30N4O2S2. The van der Waals surface area contributed by atoms with E-state index < -0.39 is 0 Å². The van der Waals surface area contributed by atoms with Crippen LogP contribution in [0.1, 0.15) is 70.4 Å². The number of anilines is 1. The molecule has 0 unspecified atom stereocenters. The van der Waals surface area contributed by atoms with Crippen LogP contribution in [0.25, 0.3) is 0 Å². The van der Waals surface area contributed by atoms with Gasteiger partial charge in [-0.3, -0.25) is 4.68 Å². The number of carbonyl (C=O) groups excluding carboxylic acids is 1. The second-order valence-electron chi connectivity index (χ2n) is 7.39. The summed E-state index contributed by atoms with van der Waals surface area (Å²) < 4.78 is 7.08. The molecule has 6 nitrogen and oxygen atoms in total. The highest BCUT2D eigenvalue weighted by Crippen LogP contribution is 2.37. The Morgan fingerprint density at radius 1 is 1.24 bits per heavy atom. The van der Waals surface area contributed by atoms with E-state index in [-0.39, 0.29) is 5.97 Å². The van der Waals surface area contributed by atoms with Crippen LogP contribution in [0, 0.1) is 13.8 Å². The van der Waals surface area contributed by atoms with Crippen LogP contribution in [-0.2, 0) is 30.7 Å². The van der Waals surface area contributed by atoms with Gasteiger partial charge < -0.3 is 15.4 Å². The summed E-state index contributed by atoms with van der Waals surface area (Å²) in [6.45, 7) is 7.62. The predicted molar refractivity (Wildman–Crippen MR) is 122 cm³/mol. The van der Waals surface area contributed by atoms with E-state index in [0.717, 1.165) is 59.7 Å². The predicted octanol–water partition coefficient (Wildman–Crippen LogP) is 4.51. The number of thiophene rings is 1. The van der Waals surface area contributed by atoms with E-state index in [9.17, 15) is 4.79 Å². The van der Waals surface area contributed by atoms with Crippen LogP contribution in [0.4, 0.5) is 5.00 Å². The Morgan fingerprint density at radius 3 is 2.62 bits per heavy atom. The molecule has 0 fully saturated rings. The number of rotatable bonds is 5. The first-order valence-electron chi connectivity index (χ1n) is 10.3. The topological polar surface area (TPSA) is 68.2 Å². The van der Waals surface area contributed by atoms with Crippen molar-refractivity contribution < 1.29 is 9.53 Å². The Labute approximate surface area is 182 Å². The molecule has 0 amide bonds. The summed E-state index contributed by atoms with van der Waals surface area (Å²) in [4.78, 5) is 13.8. The van der Waals surface area contributed by atoms with Gasteiger partial charge in [-0.1, -0.05) is 12.8 Å². The Morgan fingerprint density at radius 2 is 1.97 bits per heavy atom. The number of ether oxygens (including phenoxy) is 1. The third-order valence-electron chi connectivity index (χ3n) is 5.54. The van der Waals surface area contributed by atoms with Crippen molar-refractivity contribution in [1.82, 2.24) is 15.1 Å². The molecule has 0 saturated heterocycles. The zero-order valence-corrected chi connectivity index (χ0v) is 19.3. The van der Waals surface area contributed by atoms with Crippen molar-refractivity contribution in [3.63, 3.8) is 0 Å². The molecule has 2 aromatic rings. The fourth-order valence-corrected chi connectivity index (χ4v) is 5.46. The summed E-state index contributed by atoms with van der Waals surface area (Å²) >= 11 is 7.17.